The lowest BCUT2D eigenvalue weighted by molar-refractivity contribution is -0.375. The first-order valence-electron chi connectivity index (χ1n) is 6.96. The van der Waals surface area contributed by atoms with Crippen LogP contribution in [0.25, 0.3) is 0 Å². The molecule has 0 heterocycles. The lowest BCUT2D eigenvalue weighted by Gasteiger charge is -2.40. The minimum absolute atomic E-state index is 0.0733. The summed E-state index contributed by atoms with van der Waals surface area (Å²) < 4.78 is 9.68. The SMILES string of the molecule is C=C(C)C(=O)OC(O)(CO)C(O)(OC(=O)C(=C)C)c1ccccc1. The number of hydrogen-bond acceptors (Lipinski definition) is 7. The van der Waals surface area contributed by atoms with Gasteiger partial charge in [-0.2, -0.15) is 0 Å². The zero-order valence-electron chi connectivity index (χ0n) is 13.5. The molecule has 0 saturated heterocycles. The Hall–Kier alpha value is -2.48. The fraction of sp³-hybridized carbons (Fsp3) is 0.294. The fourth-order valence-corrected chi connectivity index (χ4v) is 1.70. The smallest absolute Gasteiger partial charge is 0.336 e. The largest absolute Gasteiger partial charge is 0.420 e. The van der Waals surface area contributed by atoms with Crippen molar-refractivity contribution in [3.05, 3.63) is 60.2 Å². The summed E-state index contributed by atoms with van der Waals surface area (Å²) in [5.41, 5.74) is -0.287. The van der Waals surface area contributed by atoms with Gasteiger partial charge in [0.15, 0.2) is 0 Å². The summed E-state index contributed by atoms with van der Waals surface area (Å²) in [5.74, 6) is -7.98. The molecule has 1 rings (SSSR count). The molecule has 130 valence electrons. The molecule has 0 fully saturated rings. The molecule has 0 aromatic heterocycles. The van der Waals surface area contributed by atoms with E-state index in [9.17, 15) is 24.9 Å². The van der Waals surface area contributed by atoms with E-state index in [1.807, 2.05) is 0 Å². The van der Waals surface area contributed by atoms with E-state index < -0.39 is 30.1 Å². The van der Waals surface area contributed by atoms with Crippen molar-refractivity contribution in [2.75, 3.05) is 6.61 Å². The average Bonchev–Trinajstić information content (AvgIpc) is 2.54. The number of carbonyl (C=O) groups is 2. The van der Waals surface area contributed by atoms with E-state index in [0.29, 0.717) is 0 Å². The first kappa shape index (κ1) is 19.6. The Morgan fingerprint density at radius 3 is 1.88 bits per heavy atom. The van der Waals surface area contributed by atoms with Crippen LogP contribution in [0.4, 0.5) is 0 Å². The summed E-state index contributed by atoms with van der Waals surface area (Å²) in [6, 6.07) is 7.24. The minimum Gasteiger partial charge on any atom is -0.420 e. The molecule has 0 amide bonds. The van der Waals surface area contributed by atoms with E-state index in [4.69, 9.17) is 9.47 Å². The predicted molar refractivity (Wildman–Crippen MR) is 84.2 cm³/mol. The van der Waals surface area contributed by atoms with Crippen LogP contribution in [0.15, 0.2) is 54.6 Å². The van der Waals surface area contributed by atoms with Crippen molar-refractivity contribution in [3.63, 3.8) is 0 Å². The van der Waals surface area contributed by atoms with E-state index in [0.717, 1.165) is 0 Å². The topological polar surface area (TPSA) is 113 Å². The molecule has 0 aliphatic heterocycles. The summed E-state index contributed by atoms with van der Waals surface area (Å²) in [6.45, 7) is 8.11. The Morgan fingerprint density at radius 2 is 1.46 bits per heavy atom. The minimum atomic E-state index is -2.96. The summed E-state index contributed by atoms with van der Waals surface area (Å²) in [7, 11) is 0. The van der Waals surface area contributed by atoms with Gasteiger partial charge in [-0.25, -0.2) is 9.59 Å². The van der Waals surface area contributed by atoms with Gasteiger partial charge in [-0.3, -0.25) is 0 Å². The molecule has 3 N–H and O–H groups in total. The number of aliphatic hydroxyl groups excluding tert-OH is 1. The highest BCUT2D eigenvalue weighted by molar-refractivity contribution is 5.88. The molecule has 7 heteroatoms. The van der Waals surface area contributed by atoms with Crippen molar-refractivity contribution < 1.29 is 34.4 Å². The zero-order chi connectivity index (χ0) is 18.5. The Bertz CT molecular complexity index is 652. The third kappa shape index (κ3) is 3.88. The van der Waals surface area contributed by atoms with Crippen LogP contribution < -0.4 is 0 Å². The first-order chi connectivity index (χ1) is 11.1. The molecular weight excluding hydrogens is 316 g/mol. The Morgan fingerprint density at radius 1 is 1.00 bits per heavy atom. The number of ether oxygens (including phenoxy) is 2. The van der Waals surface area contributed by atoms with Crippen molar-refractivity contribution in [2.45, 2.75) is 25.4 Å². The number of esters is 2. The first-order valence-corrected chi connectivity index (χ1v) is 6.96. The second-order valence-electron chi connectivity index (χ2n) is 5.29. The van der Waals surface area contributed by atoms with Gasteiger partial charge in [0, 0.05) is 16.7 Å². The van der Waals surface area contributed by atoms with E-state index in [1.165, 1.54) is 38.1 Å². The maximum absolute atomic E-state index is 11.9. The molecule has 24 heavy (non-hydrogen) atoms. The molecule has 0 radical (unpaired) electrons. The van der Waals surface area contributed by atoms with Gasteiger partial charge < -0.3 is 24.8 Å². The number of hydrogen-bond donors (Lipinski definition) is 3. The molecule has 1 aromatic carbocycles. The zero-order valence-corrected chi connectivity index (χ0v) is 13.5. The van der Waals surface area contributed by atoms with E-state index in [1.54, 1.807) is 6.07 Å². The summed E-state index contributed by atoms with van der Waals surface area (Å²) in [5, 5.41) is 30.9. The van der Waals surface area contributed by atoms with Gasteiger partial charge >= 0.3 is 23.5 Å². The molecule has 1 aromatic rings. The van der Waals surface area contributed by atoms with Crippen LogP contribution in [0.5, 0.6) is 0 Å². The molecule has 0 aliphatic rings. The Labute approximate surface area is 139 Å². The molecule has 0 saturated carbocycles. The van der Waals surface area contributed by atoms with Gasteiger partial charge in [0.05, 0.1) is 0 Å². The Kier molecular flexibility index (Phi) is 6.03. The quantitative estimate of drug-likeness (QED) is 0.382. The van der Waals surface area contributed by atoms with Crippen LogP contribution in [0.1, 0.15) is 19.4 Å². The van der Waals surface area contributed by atoms with Gasteiger partial charge in [-0.1, -0.05) is 43.5 Å². The van der Waals surface area contributed by atoms with Gasteiger partial charge in [0.2, 0.25) is 0 Å². The number of rotatable bonds is 7. The standard InChI is InChI=1S/C17H20O7/c1-11(2)14(19)23-16(21,10-18)17(22,24-15(20)12(3)4)13-8-6-5-7-9-13/h5-9,18,21-22H,1,3,10H2,2,4H3. The van der Waals surface area contributed by atoms with Crippen molar-refractivity contribution in [1.29, 1.82) is 0 Å². The highest BCUT2D eigenvalue weighted by atomic mass is 16.7. The maximum atomic E-state index is 11.9. The second kappa shape index (κ2) is 7.39. The molecular formula is C17H20O7. The summed E-state index contributed by atoms with van der Waals surface area (Å²) in [4.78, 5) is 23.6. The lowest BCUT2D eigenvalue weighted by Crippen LogP contribution is -2.59. The highest BCUT2D eigenvalue weighted by Gasteiger charge is 2.58. The van der Waals surface area contributed by atoms with Crippen molar-refractivity contribution in [1.82, 2.24) is 0 Å². The van der Waals surface area contributed by atoms with Crippen molar-refractivity contribution >= 4 is 11.9 Å². The van der Waals surface area contributed by atoms with Gasteiger partial charge in [0.25, 0.3) is 0 Å². The lowest BCUT2D eigenvalue weighted by atomic mass is 9.96. The number of carbonyl (C=O) groups excluding carboxylic acids is 2. The van der Waals surface area contributed by atoms with E-state index >= 15 is 0 Å². The van der Waals surface area contributed by atoms with Crippen molar-refractivity contribution in [3.8, 4) is 0 Å². The summed E-state index contributed by atoms with van der Waals surface area (Å²) >= 11 is 0. The molecule has 0 spiro atoms. The van der Waals surface area contributed by atoms with Crippen molar-refractivity contribution in [2.24, 2.45) is 0 Å². The molecule has 0 bridgehead atoms. The number of aliphatic hydroxyl groups is 3. The van der Waals surface area contributed by atoms with Gasteiger partial charge in [0.1, 0.15) is 6.61 Å². The van der Waals surface area contributed by atoms with Gasteiger partial charge in [-0.05, 0) is 13.8 Å². The third-order valence-corrected chi connectivity index (χ3v) is 3.11. The second-order valence-corrected chi connectivity index (χ2v) is 5.29. The molecule has 7 nitrogen and oxygen atoms in total. The van der Waals surface area contributed by atoms with E-state index in [-0.39, 0.29) is 16.7 Å². The third-order valence-electron chi connectivity index (χ3n) is 3.11. The van der Waals surface area contributed by atoms with Crippen LogP contribution >= 0.6 is 0 Å². The number of benzene rings is 1. The fourth-order valence-electron chi connectivity index (χ4n) is 1.70. The summed E-state index contributed by atoms with van der Waals surface area (Å²) in [6.07, 6.45) is 0. The monoisotopic (exact) mass is 336 g/mol. The van der Waals surface area contributed by atoms with Crippen LogP contribution in [-0.2, 0) is 24.8 Å². The highest BCUT2D eigenvalue weighted by Crippen LogP contribution is 2.36. The van der Waals surface area contributed by atoms with Gasteiger partial charge in [-0.15, -0.1) is 0 Å². The van der Waals surface area contributed by atoms with Crippen LogP contribution in [0, 0.1) is 0 Å². The van der Waals surface area contributed by atoms with E-state index in [2.05, 4.69) is 13.2 Å². The predicted octanol–water partition coefficient (Wildman–Crippen LogP) is 0.751. The molecule has 2 unspecified atom stereocenters. The van der Waals surface area contributed by atoms with Crippen LogP contribution in [0.3, 0.4) is 0 Å². The van der Waals surface area contributed by atoms with Crippen LogP contribution in [-0.4, -0.2) is 39.7 Å². The average molecular weight is 336 g/mol. The maximum Gasteiger partial charge on any atom is 0.336 e. The molecule has 0 aliphatic carbocycles. The van der Waals surface area contributed by atoms with Crippen LogP contribution in [0.2, 0.25) is 0 Å². The molecule has 2 atom stereocenters. The normalized spacial score (nSPS) is 15.5. The Balaban J connectivity index is 3.43.